The first-order chi connectivity index (χ1) is 10.3. The fourth-order valence-electron chi connectivity index (χ4n) is 2.73. The van der Waals surface area contributed by atoms with Crippen molar-refractivity contribution in [2.45, 2.75) is 38.9 Å². The Morgan fingerprint density at radius 3 is 2.91 bits per heavy atom. The molecule has 0 saturated carbocycles. The molecule has 1 aliphatic heterocycles. The molecule has 0 aromatic carbocycles. The van der Waals surface area contributed by atoms with E-state index in [0.29, 0.717) is 18.0 Å². The van der Waals surface area contributed by atoms with E-state index < -0.39 is 12.7 Å². The van der Waals surface area contributed by atoms with E-state index in [1.54, 1.807) is 0 Å². The van der Waals surface area contributed by atoms with E-state index in [4.69, 9.17) is 0 Å². The second-order valence-corrected chi connectivity index (χ2v) is 5.88. The summed E-state index contributed by atoms with van der Waals surface area (Å²) < 4.78 is 37.5. The van der Waals surface area contributed by atoms with Gasteiger partial charge in [-0.25, -0.2) is 0 Å². The first-order valence-electron chi connectivity index (χ1n) is 7.43. The van der Waals surface area contributed by atoms with Crippen molar-refractivity contribution in [3.63, 3.8) is 0 Å². The van der Waals surface area contributed by atoms with Gasteiger partial charge in [-0.2, -0.15) is 18.3 Å². The van der Waals surface area contributed by atoms with Crippen LogP contribution in [0.1, 0.15) is 26.2 Å². The molecule has 0 bridgehead atoms. The Kier molecular flexibility index (Phi) is 7.34. The predicted octanol–water partition coefficient (Wildman–Crippen LogP) is 2.83. The lowest BCUT2D eigenvalue weighted by Crippen LogP contribution is -2.34. The Hall–Kier alpha value is -1.28. The standard InChI is InChI=1S/C14H21F3N4O.ClH/c1-10(11-3-2-4-18-6-11)5-13(22)20-12-7-19-21(8-12)9-14(15,16)17;/h7-8,10-11,18H,2-6,9H2,1H3,(H,20,22);1H. The van der Waals surface area contributed by atoms with Gasteiger partial charge in [0.05, 0.1) is 11.9 Å². The Labute approximate surface area is 139 Å². The van der Waals surface area contributed by atoms with E-state index >= 15 is 0 Å². The maximum absolute atomic E-state index is 12.2. The maximum Gasteiger partial charge on any atom is 0.408 e. The van der Waals surface area contributed by atoms with Crippen LogP contribution in [0.25, 0.3) is 0 Å². The number of alkyl halides is 3. The molecular weight excluding hydrogens is 333 g/mol. The fraction of sp³-hybridized carbons (Fsp3) is 0.714. The Balaban J connectivity index is 0.00000264. The van der Waals surface area contributed by atoms with Crippen LogP contribution in [-0.2, 0) is 11.3 Å². The summed E-state index contributed by atoms with van der Waals surface area (Å²) in [4.78, 5) is 12.0. The van der Waals surface area contributed by atoms with Crippen LogP contribution in [0.5, 0.6) is 0 Å². The minimum absolute atomic E-state index is 0. The first-order valence-corrected chi connectivity index (χ1v) is 7.43. The number of carbonyl (C=O) groups excluding carboxylic acids is 1. The number of aromatic nitrogens is 2. The van der Waals surface area contributed by atoms with Crippen molar-refractivity contribution in [1.82, 2.24) is 15.1 Å². The molecule has 1 aromatic heterocycles. The third-order valence-electron chi connectivity index (χ3n) is 3.91. The van der Waals surface area contributed by atoms with Crippen LogP contribution in [0.4, 0.5) is 18.9 Å². The highest BCUT2D eigenvalue weighted by molar-refractivity contribution is 5.90. The smallest absolute Gasteiger partial charge is 0.323 e. The number of hydrogen-bond donors (Lipinski definition) is 2. The van der Waals surface area contributed by atoms with Crippen molar-refractivity contribution in [3.8, 4) is 0 Å². The maximum atomic E-state index is 12.2. The number of hydrogen-bond acceptors (Lipinski definition) is 3. The zero-order chi connectivity index (χ0) is 16.2. The number of rotatable bonds is 5. The zero-order valence-electron chi connectivity index (χ0n) is 12.9. The Bertz CT molecular complexity index is 500. The van der Waals surface area contributed by atoms with Gasteiger partial charge in [0.15, 0.2) is 0 Å². The van der Waals surface area contributed by atoms with Crippen molar-refractivity contribution in [1.29, 1.82) is 0 Å². The molecule has 1 fully saturated rings. The highest BCUT2D eigenvalue weighted by Gasteiger charge is 2.28. The largest absolute Gasteiger partial charge is 0.408 e. The number of halogens is 4. The third kappa shape index (κ3) is 6.78. The molecular formula is C14H22ClF3N4O. The highest BCUT2D eigenvalue weighted by atomic mass is 35.5. The van der Waals surface area contributed by atoms with E-state index in [-0.39, 0.29) is 24.2 Å². The molecule has 23 heavy (non-hydrogen) atoms. The van der Waals surface area contributed by atoms with E-state index in [0.717, 1.165) is 30.6 Å². The molecule has 5 nitrogen and oxygen atoms in total. The number of nitrogens with one attached hydrogen (secondary N) is 2. The van der Waals surface area contributed by atoms with Gasteiger partial charge in [0.25, 0.3) is 0 Å². The molecule has 0 spiro atoms. The Morgan fingerprint density at radius 1 is 1.57 bits per heavy atom. The van der Waals surface area contributed by atoms with Crippen LogP contribution in [0.15, 0.2) is 12.4 Å². The van der Waals surface area contributed by atoms with Crippen molar-refractivity contribution >= 4 is 24.0 Å². The molecule has 2 atom stereocenters. The molecule has 132 valence electrons. The summed E-state index contributed by atoms with van der Waals surface area (Å²) in [5, 5.41) is 9.52. The minimum atomic E-state index is -4.32. The fourth-order valence-corrected chi connectivity index (χ4v) is 2.73. The number of piperidine rings is 1. The van der Waals surface area contributed by atoms with E-state index in [1.807, 2.05) is 6.92 Å². The van der Waals surface area contributed by atoms with Gasteiger partial charge in [-0.05, 0) is 37.8 Å². The van der Waals surface area contributed by atoms with Crippen molar-refractivity contribution < 1.29 is 18.0 Å². The van der Waals surface area contributed by atoms with Crippen molar-refractivity contribution in [3.05, 3.63) is 12.4 Å². The molecule has 2 rings (SSSR count). The summed E-state index contributed by atoms with van der Waals surface area (Å²) in [6.07, 6.45) is 0.674. The molecule has 0 aliphatic carbocycles. The van der Waals surface area contributed by atoms with Crippen molar-refractivity contribution in [2.24, 2.45) is 11.8 Å². The average Bonchev–Trinajstić information content (AvgIpc) is 2.84. The van der Waals surface area contributed by atoms with Crippen LogP contribution in [0, 0.1) is 11.8 Å². The van der Waals surface area contributed by atoms with Gasteiger partial charge in [0.2, 0.25) is 5.91 Å². The normalized spacial score (nSPS) is 19.7. The predicted molar refractivity (Wildman–Crippen MR) is 83.5 cm³/mol. The summed E-state index contributed by atoms with van der Waals surface area (Å²) >= 11 is 0. The minimum Gasteiger partial charge on any atom is -0.323 e. The topological polar surface area (TPSA) is 59.0 Å². The lowest BCUT2D eigenvalue weighted by molar-refractivity contribution is -0.142. The number of anilines is 1. The average molecular weight is 355 g/mol. The summed E-state index contributed by atoms with van der Waals surface area (Å²) in [7, 11) is 0. The molecule has 2 heterocycles. The van der Waals surface area contributed by atoms with Crippen LogP contribution >= 0.6 is 12.4 Å². The van der Waals surface area contributed by atoms with Gasteiger partial charge >= 0.3 is 6.18 Å². The monoisotopic (exact) mass is 354 g/mol. The quantitative estimate of drug-likeness (QED) is 0.854. The molecule has 2 unspecified atom stereocenters. The van der Waals surface area contributed by atoms with E-state index in [9.17, 15) is 18.0 Å². The summed E-state index contributed by atoms with van der Waals surface area (Å²) in [5.41, 5.74) is 0.295. The summed E-state index contributed by atoms with van der Waals surface area (Å²) in [6, 6.07) is 0. The highest BCUT2D eigenvalue weighted by Crippen LogP contribution is 2.23. The summed E-state index contributed by atoms with van der Waals surface area (Å²) in [6.45, 7) is 2.81. The van der Waals surface area contributed by atoms with Gasteiger partial charge in [-0.15, -0.1) is 12.4 Å². The molecule has 1 aromatic rings. The van der Waals surface area contributed by atoms with Crippen LogP contribution in [-0.4, -0.2) is 35.0 Å². The van der Waals surface area contributed by atoms with Crippen LogP contribution in [0.2, 0.25) is 0 Å². The lowest BCUT2D eigenvalue weighted by atomic mass is 9.85. The summed E-state index contributed by atoms with van der Waals surface area (Å²) in [5.74, 6) is 0.509. The lowest BCUT2D eigenvalue weighted by Gasteiger charge is -2.27. The number of nitrogens with zero attached hydrogens (tertiary/aromatic N) is 2. The second-order valence-electron chi connectivity index (χ2n) is 5.88. The van der Waals surface area contributed by atoms with Crippen molar-refractivity contribution in [2.75, 3.05) is 18.4 Å². The number of amides is 1. The van der Waals surface area contributed by atoms with Gasteiger partial charge < -0.3 is 10.6 Å². The Morgan fingerprint density at radius 2 is 2.30 bits per heavy atom. The third-order valence-corrected chi connectivity index (χ3v) is 3.91. The molecule has 9 heteroatoms. The molecule has 0 radical (unpaired) electrons. The van der Waals surface area contributed by atoms with E-state index in [2.05, 4.69) is 15.7 Å². The second kappa shape index (κ2) is 8.54. The first kappa shape index (κ1) is 19.8. The van der Waals surface area contributed by atoms with Crippen LogP contribution in [0.3, 0.4) is 0 Å². The van der Waals surface area contributed by atoms with Gasteiger partial charge in [-0.1, -0.05) is 6.92 Å². The van der Waals surface area contributed by atoms with Gasteiger partial charge in [-0.3, -0.25) is 9.48 Å². The van der Waals surface area contributed by atoms with E-state index in [1.165, 1.54) is 12.4 Å². The molecule has 1 saturated heterocycles. The SMILES string of the molecule is CC(CC(=O)Nc1cnn(CC(F)(F)F)c1)C1CCCNC1.Cl. The van der Waals surface area contributed by atoms with Crippen LogP contribution < -0.4 is 10.6 Å². The van der Waals surface area contributed by atoms with Gasteiger partial charge in [0, 0.05) is 12.6 Å². The number of carbonyl (C=O) groups is 1. The van der Waals surface area contributed by atoms with Gasteiger partial charge in [0.1, 0.15) is 6.54 Å². The molecule has 1 amide bonds. The zero-order valence-corrected chi connectivity index (χ0v) is 13.7. The molecule has 1 aliphatic rings. The molecule has 2 N–H and O–H groups in total.